The molecule has 7 heteroatoms. The van der Waals surface area contributed by atoms with Gasteiger partial charge in [-0.2, -0.15) is 4.31 Å². The summed E-state index contributed by atoms with van der Waals surface area (Å²) in [7, 11) is -3.57. The molecule has 1 N–H and O–H groups in total. The number of ether oxygens (including phenoxy) is 1. The summed E-state index contributed by atoms with van der Waals surface area (Å²) in [6, 6.07) is 5.38. The topological polar surface area (TPSA) is 71.5 Å². The average molecular weight is 392 g/mol. The predicted molar refractivity (Wildman–Crippen MR) is 108 cm³/mol. The molecule has 1 saturated heterocycles. The maximum absolute atomic E-state index is 13.4. The van der Waals surface area contributed by atoms with Crippen LogP contribution in [0.2, 0.25) is 0 Å². The third-order valence-corrected chi connectivity index (χ3v) is 6.87. The molecule has 27 heavy (non-hydrogen) atoms. The van der Waals surface area contributed by atoms with Crippen LogP contribution in [0, 0.1) is 6.92 Å². The number of nitrogens with one attached hydrogen (secondary N) is 1. The Labute approximate surface area is 162 Å². The molecule has 0 bridgehead atoms. The van der Waals surface area contributed by atoms with Gasteiger partial charge in [0.2, 0.25) is 15.9 Å². The quantitative estimate of drug-likeness (QED) is 0.735. The number of rotatable bonds is 7. The third-order valence-electron chi connectivity index (χ3n) is 4.93. The highest BCUT2D eigenvalue weighted by Crippen LogP contribution is 2.33. The lowest BCUT2D eigenvalue weighted by Gasteiger charge is -2.21. The molecule has 2 heterocycles. The molecule has 0 spiro atoms. The molecule has 3 rings (SSSR count). The van der Waals surface area contributed by atoms with E-state index in [0.717, 1.165) is 48.6 Å². The van der Waals surface area contributed by atoms with Crippen LogP contribution in [0.4, 0.5) is 0 Å². The van der Waals surface area contributed by atoms with Crippen molar-refractivity contribution in [1.82, 2.24) is 14.6 Å². The Morgan fingerprint density at radius 2 is 2.07 bits per heavy atom. The summed E-state index contributed by atoms with van der Waals surface area (Å²) >= 11 is 0. The maximum atomic E-state index is 13.4. The summed E-state index contributed by atoms with van der Waals surface area (Å²) in [4.78, 5) is 4.76. The minimum absolute atomic E-state index is 0.347. The zero-order chi connectivity index (χ0) is 19.3. The number of nitrogens with zero attached hydrogens (tertiary/aromatic N) is 2. The van der Waals surface area contributed by atoms with Crippen LogP contribution in [-0.4, -0.2) is 50.5 Å². The van der Waals surface area contributed by atoms with Crippen molar-refractivity contribution >= 4 is 20.8 Å². The highest BCUT2D eigenvalue weighted by molar-refractivity contribution is 7.89. The molecule has 2 aromatic rings. The van der Waals surface area contributed by atoms with Gasteiger partial charge in [0, 0.05) is 36.6 Å². The Bertz CT molecular complexity index is 875. The van der Waals surface area contributed by atoms with Gasteiger partial charge in [-0.05, 0) is 44.0 Å². The smallest absolute Gasteiger partial charge is 0.243 e. The molecule has 0 saturated carbocycles. The number of benzene rings is 1. The summed E-state index contributed by atoms with van der Waals surface area (Å²) in [6.45, 7) is 7.19. The van der Waals surface area contributed by atoms with E-state index < -0.39 is 10.0 Å². The normalized spacial score (nSPS) is 16.4. The van der Waals surface area contributed by atoms with Gasteiger partial charge in [0.25, 0.3) is 0 Å². The molecule has 1 aliphatic heterocycles. The zero-order valence-electron chi connectivity index (χ0n) is 16.2. The molecule has 0 atom stereocenters. The van der Waals surface area contributed by atoms with Crippen molar-refractivity contribution in [2.45, 2.75) is 44.4 Å². The standard InChI is InChI=1S/C20H29N3O3S/c1-3-4-5-14-26-20-17-8-6-9-18(19(17)16(2)15-22-20)27(24,25)23-12-7-10-21-11-13-23/h6,8-9,15,21H,3-5,7,10-14H2,1-2H3. The second-order valence-electron chi connectivity index (χ2n) is 6.99. The number of aryl methyl sites for hydroxylation is 1. The minimum atomic E-state index is -3.57. The first-order valence-corrected chi connectivity index (χ1v) is 11.2. The first-order chi connectivity index (χ1) is 13.1. The van der Waals surface area contributed by atoms with Gasteiger partial charge in [0.15, 0.2) is 0 Å². The van der Waals surface area contributed by atoms with Crippen molar-refractivity contribution in [2.24, 2.45) is 0 Å². The van der Waals surface area contributed by atoms with Crippen LogP contribution < -0.4 is 10.1 Å². The van der Waals surface area contributed by atoms with E-state index in [4.69, 9.17) is 4.74 Å². The molecule has 6 nitrogen and oxygen atoms in total. The number of sulfonamides is 1. The zero-order valence-corrected chi connectivity index (χ0v) is 17.0. The monoisotopic (exact) mass is 391 g/mol. The molecule has 0 aliphatic carbocycles. The Morgan fingerprint density at radius 3 is 2.89 bits per heavy atom. The van der Waals surface area contributed by atoms with Crippen LogP contribution in [-0.2, 0) is 10.0 Å². The second-order valence-corrected chi connectivity index (χ2v) is 8.89. The first kappa shape index (κ1) is 20.0. The molecule has 1 aromatic heterocycles. The summed E-state index contributed by atoms with van der Waals surface area (Å²) in [6.07, 6.45) is 5.72. The van der Waals surface area contributed by atoms with Gasteiger partial charge < -0.3 is 10.1 Å². The predicted octanol–water partition coefficient (Wildman–Crippen LogP) is 3.10. The van der Waals surface area contributed by atoms with E-state index >= 15 is 0 Å². The fourth-order valence-electron chi connectivity index (χ4n) is 3.46. The van der Waals surface area contributed by atoms with Gasteiger partial charge in [-0.15, -0.1) is 0 Å². The Kier molecular flexibility index (Phi) is 6.68. The molecular formula is C20H29N3O3S. The number of hydrogen-bond donors (Lipinski definition) is 1. The fourth-order valence-corrected chi connectivity index (χ4v) is 5.22. The molecule has 1 fully saturated rings. The largest absolute Gasteiger partial charge is 0.477 e. The number of hydrogen-bond acceptors (Lipinski definition) is 5. The number of aromatic nitrogens is 1. The number of fused-ring (bicyclic) bond motifs is 1. The minimum Gasteiger partial charge on any atom is -0.477 e. The lowest BCUT2D eigenvalue weighted by atomic mass is 10.1. The van der Waals surface area contributed by atoms with Crippen LogP contribution in [0.3, 0.4) is 0 Å². The van der Waals surface area contributed by atoms with Crippen molar-refractivity contribution in [2.75, 3.05) is 32.8 Å². The van der Waals surface area contributed by atoms with Crippen LogP contribution in [0.5, 0.6) is 5.88 Å². The van der Waals surface area contributed by atoms with Gasteiger partial charge in [-0.3, -0.25) is 0 Å². The highest BCUT2D eigenvalue weighted by atomic mass is 32.2. The summed E-state index contributed by atoms with van der Waals surface area (Å²) < 4.78 is 34.2. The van der Waals surface area contributed by atoms with Gasteiger partial charge in [0.05, 0.1) is 11.5 Å². The SMILES string of the molecule is CCCCCOc1ncc(C)c2c(S(=O)(=O)N3CCCNCC3)cccc12. The highest BCUT2D eigenvalue weighted by Gasteiger charge is 2.28. The van der Waals surface area contributed by atoms with E-state index in [0.29, 0.717) is 37.0 Å². The summed E-state index contributed by atoms with van der Waals surface area (Å²) in [5.74, 6) is 0.515. The first-order valence-electron chi connectivity index (χ1n) is 9.77. The Balaban J connectivity index is 2.00. The molecule has 1 aromatic carbocycles. The van der Waals surface area contributed by atoms with E-state index in [-0.39, 0.29) is 0 Å². The number of pyridine rings is 1. The molecular weight excluding hydrogens is 362 g/mol. The molecule has 0 amide bonds. The van der Waals surface area contributed by atoms with Gasteiger partial charge in [-0.25, -0.2) is 13.4 Å². The lowest BCUT2D eigenvalue weighted by Crippen LogP contribution is -2.34. The molecule has 0 unspecified atom stereocenters. The van der Waals surface area contributed by atoms with Crippen molar-refractivity contribution in [3.8, 4) is 5.88 Å². The van der Waals surface area contributed by atoms with Crippen LogP contribution in [0.15, 0.2) is 29.3 Å². The second kappa shape index (κ2) is 8.99. The molecule has 0 radical (unpaired) electrons. The third kappa shape index (κ3) is 4.42. The van der Waals surface area contributed by atoms with Crippen LogP contribution >= 0.6 is 0 Å². The van der Waals surface area contributed by atoms with Crippen molar-refractivity contribution in [3.63, 3.8) is 0 Å². The van der Waals surface area contributed by atoms with Crippen LogP contribution in [0.25, 0.3) is 10.8 Å². The van der Waals surface area contributed by atoms with Gasteiger partial charge in [0.1, 0.15) is 0 Å². The Hall–Kier alpha value is -1.70. The van der Waals surface area contributed by atoms with E-state index in [1.165, 1.54) is 0 Å². The summed E-state index contributed by atoms with van der Waals surface area (Å²) in [5, 5.41) is 4.74. The lowest BCUT2D eigenvalue weighted by molar-refractivity contribution is 0.298. The summed E-state index contributed by atoms with van der Waals surface area (Å²) in [5.41, 5.74) is 0.845. The van der Waals surface area contributed by atoms with Gasteiger partial charge >= 0.3 is 0 Å². The van der Waals surface area contributed by atoms with Crippen molar-refractivity contribution < 1.29 is 13.2 Å². The van der Waals surface area contributed by atoms with Crippen molar-refractivity contribution in [1.29, 1.82) is 0 Å². The average Bonchev–Trinajstić information content (AvgIpc) is 2.96. The molecule has 1 aliphatic rings. The van der Waals surface area contributed by atoms with Gasteiger partial charge in [-0.1, -0.05) is 25.8 Å². The molecule has 148 valence electrons. The van der Waals surface area contributed by atoms with E-state index in [9.17, 15) is 8.42 Å². The van der Waals surface area contributed by atoms with E-state index in [1.807, 2.05) is 13.0 Å². The number of unbranched alkanes of at least 4 members (excludes halogenated alkanes) is 2. The van der Waals surface area contributed by atoms with E-state index in [1.54, 1.807) is 22.6 Å². The van der Waals surface area contributed by atoms with Crippen molar-refractivity contribution in [3.05, 3.63) is 30.0 Å². The van der Waals surface area contributed by atoms with E-state index in [2.05, 4.69) is 17.2 Å². The Morgan fingerprint density at radius 1 is 1.22 bits per heavy atom. The maximum Gasteiger partial charge on any atom is 0.243 e. The fraction of sp³-hybridized carbons (Fsp3) is 0.550. The van der Waals surface area contributed by atoms with Crippen LogP contribution in [0.1, 0.15) is 38.2 Å².